The Morgan fingerprint density at radius 2 is 1.90 bits per heavy atom. The zero-order valence-electron chi connectivity index (χ0n) is 14.4. The molecule has 1 N–H and O–H groups in total. The van der Waals surface area contributed by atoms with E-state index in [0.717, 1.165) is 18.0 Å². The topological polar surface area (TPSA) is 15.3 Å². The summed E-state index contributed by atoms with van der Waals surface area (Å²) < 4.78 is 0. The predicted octanol–water partition coefficient (Wildman–Crippen LogP) is 4.05. The smallest absolute Gasteiger partial charge is 0.0254 e. The fourth-order valence-corrected chi connectivity index (χ4v) is 4.58. The van der Waals surface area contributed by atoms with E-state index in [1.807, 2.05) is 0 Å². The van der Waals surface area contributed by atoms with Crippen molar-refractivity contribution in [3.8, 4) is 0 Å². The van der Waals surface area contributed by atoms with Gasteiger partial charge in [-0.15, -0.1) is 0 Å². The predicted molar refractivity (Wildman–Crippen MR) is 88.1 cm³/mol. The second-order valence-electron chi connectivity index (χ2n) is 7.76. The van der Waals surface area contributed by atoms with Crippen molar-refractivity contribution in [1.29, 1.82) is 0 Å². The van der Waals surface area contributed by atoms with E-state index in [0.29, 0.717) is 11.5 Å². The molecule has 1 aliphatic heterocycles. The van der Waals surface area contributed by atoms with Crippen molar-refractivity contribution in [3.05, 3.63) is 0 Å². The van der Waals surface area contributed by atoms with E-state index < -0.39 is 0 Å². The van der Waals surface area contributed by atoms with Gasteiger partial charge < -0.3 is 5.32 Å². The van der Waals surface area contributed by atoms with Crippen molar-refractivity contribution in [2.45, 2.75) is 90.8 Å². The van der Waals surface area contributed by atoms with Gasteiger partial charge in [-0.05, 0) is 63.5 Å². The van der Waals surface area contributed by atoms with Gasteiger partial charge in [-0.2, -0.15) is 0 Å². The van der Waals surface area contributed by atoms with E-state index >= 15 is 0 Å². The largest absolute Gasteiger partial charge is 0.315 e. The molecule has 0 amide bonds. The highest BCUT2D eigenvalue weighted by molar-refractivity contribution is 4.97. The third-order valence-corrected chi connectivity index (χ3v) is 6.52. The molecule has 0 bridgehead atoms. The third-order valence-electron chi connectivity index (χ3n) is 6.52. The van der Waals surface area contributed by atoms with Crippen molar-refractivity contribution in [3.63, 3.8) is 0 Å². The Labute approximate surface area is 126 Å². The zero-order chi connectivity index (χ0) is 14.8. The first kappa shape index (κ1) is 16.3. The van der Waals surface area contributed by atoms with Crippen molar-refractivity contribution in [1.82, 2.24) is 10.2 Å². The lowest BCUT2D eigenvalue weighted by atomic mass is 9.67. The third kappa shape index (κ3) is 3.22. The summed E-state index contributed by atoms with van der Waals surface area (Å²) in [6.45, 7) is 11.0. The lowest BCUT2D eigenvalue weighted by Crippen LogP contribution is -2.55. The van der Waals surface area contributed by atoms with Gasteiger partial charge in [-0.25, -0.2) is 0 Å². The van der Waals surface area contributed by atoms with Crippen molar-refractivity contribution in [2.24, 2.45) is 11.3 Å². The summed E-state index contributed by atoms with van der Waals surface area (Å²) in [4.78, 5) is 2.86. The molecule has 2 heteroatoms. The van der Waals surface area contributed by atoms with Crippen LogP contribution in [0.1, 0.15) is 72.6 Å². The fraction of sp³-hybridized carbons (Fsp3) is 1.00. The summed E-state index contributed by atoms with van der Waals surface area (Å²) in [5.74, 6) is 0.903. The number of likely N-dealkylation sites (N-methyl/N-ethyl adjacent to an activating group) is 1. The average molecular weight is 280 g/mol. The normalized spacial score (nSPS) is 36.5. The minimum Gasteiger partial charge on any atom is -0.315 e. The summed E-state index contributed by atoms with van der Waals surface area (Å²) in [5, 5.41) is 3.62. The molecule has 1 saturated carbocycles. The molecule has 0 aromatic carbocycles. The summed E-state index contributed by atoms with van der Waals surface area (Å²) >= 11 is 0. The van der Waals surface area contributed by atoms with Crippen LogP contribution < -0.4 is 5.32 Å². The van der Waals surface area contributed by atoms with Gasteiger partial charge in [0.25, 0.3) is 0 Å². The van der Waals surface area contributed by atoms with Gasteiger partial charge in [0.05, 0.1) is 0 Å². The molecule has 4 unspecified atom stereocenters. The molecule has 118 valence electrons. The van der Waals surface area contributed by atoms with Crippen LogP contribution in [0.5, 0.6) is 0 Å². The number of rotatable bonds is 5. The standard InChI is InChI=1S/C18H36N2/c1-6-15-9-8-12-20(15)17-13-14(18(3,4)7-2)10-11-16(17)19-5/h14-17,19H,6-13H2,1-5H3. The molecule has 4 atom stereocenters. The minimum atomic E-state index is 0.512. The van der Waals surface area contributed by atoms with Gasteiger partial charge in [0.1, 0.15) is 0 Å². The first-order chi connectivity index (χ1) is 9.53. The quantitative estimate of drug-likeness (QED) is 0.817. The average Bonchev–Trinajstić information content (AvgIpc) is 2.94. The van der Waals surface area contributed by atoms with Gasteiger partial charge in [-0.3, -0.25) is 4.90 Å². The summed E-state index contributed by atoms with van der Waals surface area (Å²) in [5.41, 5.74) is 0.512. The maximum atomic E-state index is 3.62. The Morgan fingerprint density at radius 1 is 1.15 bits per heavy atom. The van der Waals surface area contributed by atoms with Crippen LogP contribution in [0.25, 0.3) is 0 Å². The molecule has 0 aromatic heterocycles. The molecule has 2 nitrogen and oxygen atoms in total. The molecular weight excluding hydrogens is 244 g/mol. The summed E-state index contributed by atoms with van der Waals surface area (Å²) in [6, 6.07) is 2.34. The number of nitrogens with one attached hydrogen (secondary N) is 1. The minimum absolute atomic E-state index is 0.512. The van der Waals surface area contributed by atoms with Crippen LogP contribution in [0.15, 0.2) is 0 Å². The highest BCUT2D eigenvalue weighted by atomic mass is 15.2. The first-order valence-corrected chi connectivity index (χ1v) is 8.96. The van der Waals surface area contributed by atoms with Gasteiger partial charge >= 0.3 is 0 Å². The van der Waals surface area contributed by atoms with Crippen LogP contribution >= 0.6 is 0 Å². The number of hydrogen-bond acceptors (Lipinski definition) is 2. The number of nitrogens with zero attached hydrogens (tertiary/aromatic N) is 1. The Morgan fingerprint density at radius 3 is 2.50 bits per heavy atom. The van der Waals surface area contributed by atoms with Crippen molar-refractivity contribution < 1.29 is 0 Å². The van der Waals surface area contributed by atoms with Crippen molar-refractivity contribution in [2.75, 3.05) is 13.6 Å². The van der Waals surface area contributed by atoms with E-state index in [-0.39, 0.29) is 0 Å². The van der Waals surface area contributed by atoms with Crippen LogP contribution in [0.2, 0.25) is 0 Å². The molecule has 1 heterocycles. The second-order valence-corrected chi connectivity index (χ2v) is 7.76. The Hall–Kier alpha value is -0.0800. The van der Waals surface area contributed by atoms with Crippen LogP contribution in [-0.2, 0) is 0 Å². The van der Waals surface area contributed by atoms with Crippen LogP contribution in [-0.4, -0.2) is 36.6 Å². The zero-order valence-corrected chi connectivity index (χ0v) is 14.4. The van der Waals surface area contributed by atoms with E-state index in [1.165, 1.54) is 51.5 Å². The Kier molecular flexibility index (Phi) is 5.53. The number of hydrogen-bond donors (Lipinski definition) is 1. The van der Waals surface area contributed by atoms with Gasteiger partial charge in [-0.1, -0.05) is 34.1 Å². The Balaban J connectivity index is 2.10. The Bertz CT molecular complexity index is 300. The lowest BCUT2D eigenvalue weighted by Gasteiger charge is -2.47. The number of likely N-dealkylation sites (tertiary alicyclic amines) is 1. The molecule has 2 fully saturated rings. The molecule has 1 aliphatic carbocycles. The second kappa shape index (κ2) is 6.79. The lowest BCUT2D eigenvalue weighted by molar-refractivity contribution is 0.0445. The first-order valence-electron chi connectivity index (χ1n) is 8.96. The van der Waals surface area contributed by atoms with E-state index in [1.54, 1.807) is 0 Å². The summed E-state index contributed by atoms with van der Waals surface area (Å²) in [7, 11) is 2.17. The fourth-order valence-electron chi connectivity index (χ4n) is 4.58. The van der Waals surface area contributed by atoms with Crippen LogP contribution in [0, 0.1) is 11.3 Å². The molecule has 0 radical (unpaired) electrons. The maximum absolute atomic E-state index is 3.62. The molecular formula is C18H36N2. The molecule has 0 aromatic rings. The van der Waals surface area contributed by atoms with Crippen molar-refractivity contribution >= 4 is 0 Å². The summed E-state index contributed by atoms with van der Waals surface area (Å²) in [6.07, 6.45) is 9.65. The molecule has 0 spiro atoms. The maximum Gasteiger partial charge on any atom is 0.0254 e. The SMILES string of the molecule is CCC1CCCN1C1CC(C(C)(C)CC)CCC1NC. The van der Waals surface area contributed by atoms with Gasteiger partial charge in [0.2, 0.25) is 0 Å². The van der Waals surface area contributed by atoms with Crippen LogP contribution in [0.3, 0.4) is 0 Å². The molecule has 1 saturated heterocycles. The van der Waals surface area contributed by atoms with Gasteiger partial charge in [0, 0.05) is 18.1 Å². The molecule has 2 aliphatic rings. The van der Waals surface area contributed by atoms with E-state index in [9.17, 15) is 0 Å². The highest BCUT2D eigenvalue weighted by Gasteiger charge is 2.41. The van der Waals surface area contributed by atoms with E-state index in [2.05, 4.69) is 45.0 Å². The highest BCUT2D eigenvalue weighted by Crippen LogP contribution is 2.43. The molecule has 20 heavy (non-hydrogen) atoms. The van der Waals surface area contributed by atoms with Crippen LogP contribution in [0.4, 0.5) is 0 Å². The van der Waals surface area contributed by atoms with Gasteiger partial charge in [0.15, 0.2) is 0 Å². The van der Waals surface area contributed by atoms with E-state index in [4.69, 9.17) is 0 Å². The monoisotopic (exact) mass is 280 g/mol. The molecule has 2 rings (SSSR count).